The van der Waals surface area contributed by atoms with E-state index in [4.69, 9.17) is 26.5 Å². The Morgan fingerprint density at radius 3 is 2.68 bits per heavy atom. The molecule has 9 heteroatoms. The van der Waals surface area contributed by atoms with Crippen LogP contribution in [0.3, 0.4) is 0 Å². The van der Waals surface area contributed by atoms with Gasteiger partial charge in [0, 0.05) is 12.1 Å². The number of aliphatic hydroxyl groups excluding tert-OH is 1. The molecular weight excluding hydrogens is 387 g/mol. The van der Waals surface area contributed by atoms with E-state index in [1.807, 2.05) is 0 Å². The van der Waals surface area contributed by atoms with Crippen molar-refractivity contribution >= 4 is 39.7 Å². The van der Waals surface area contributed by atoms with Crippen molar-refractivity contribution in [3.05, 3.63) is 52.8 Å². The minimum absolute atomic E-state index is 0.0136. The van der Waals surface area contributed by atoms with Gasteiger partial charge in [-0.1, -0.05) is 11.6 Å². The molecule has 0 atom stereocenters. The van der Waals surface area contributed by atoms with Crippen LogP contribution in [0.5, 0.6) is 11.5 Å². The van der Waals surface area contributed by atoms with Crippen molar-refractivity contribution < 1.29 is 19.0 Å². The predicted octanol–water partition coefficient (Wildman–Crippen LogP) is 4.14. The molecule has 0 radical (unpaired) electrons. The Morgan fingerprint density at radius 2 is 1.96 bits per heavy atom. The smallest absolute Gasteiger partial charge is 0.145 e. The van der Waals surface area contributed by atoms with Crippen molar-refractivity contribution in [3.63, 3.8) is 0 Å². The predicted molar refractivity (Wildman–Crippen MR) is 105 cm³/mol. The first-order valence-corrected chi connectivity index (χ1v) is 8.66. The van der Waals surface area contributed by atoms with Crippen LogP contribution in [0.4, 0.5) is 10.1 Å². The first-order chi connectivity index (χ1) is 13.4. The molecule has 0 fully saturated rings. The van der Waals surface area contributed by atoms with Crippen molar-refractivity contribution in [1.82, 2.24) is 9.97 Å². The minimum Gasteiger partial charge on any atom is -0.509 e. The third kappa shape index (κ3) is 2.82. The molecule has 7 nitrogen and oxygen atoms in total. The molecule has 28 heavy (non-hydrogen) atoms. The van der Waals surface area contributed by atoms with Crippen LogP contribution in [0.2, 0.25) is 5.02 Å². The maximum absolute atomic E-state index is 13.5. The number of aliphatic hydroxyl groups is 1. The Morgan fingerprint density at radius 1 is 1.21 bits per heavy atom. The second kappa shape index (κ2) is 6.72. The summed E-state index contributed by atoms with van der Waals surface area (Å²) in [5.74, 6) is 0.696. The molecule has 2 heterocycles. The number of anilines is 1. The summed E-state index contributed by atoms with van der Waals surface area (Å²) in [5.41, 5.74) is 1.76. The summed E-state index contributed by atoms with van der Waals surface area (Å²) < 4.78 is 24.1. The molecule has 1 aliphatic rings. The number of halogens is 2. The van der Waals surface area contributed by atoms with Crippen LogP contribution >= 0.6 is 11.6 Å². The Labute approximate surface area is 164 Å². The highest BCUT2D eigenvalue weighted by molar-refractivity contribution is 6.33. The van der Waals surface area contributed by atoms with Gasteiger partial charge in [-0.2, -0.15) is 0 Å². The van der Waals surface area contributed by atoms with Gasteiger partial charge in [-0.15, -0.1) is 0 Å². The topological polar surface area (TPSA) is 94.5 Å². The number of methoxy groups -OCH3 is 2. The number of nitrogens with zero attached hydrogens (tertiary/aromatic N) is 2. The number of benzene rings is 2. The lowest BCUT2D eigenvalue weighted by atomic mass is 10.2. The molecule has 0 saturated heterocycles. The first-order valence-electron chi connectivity index (χ1n) is 8.28. The maximum Gasteiger partial charge on any atom is 0.145 e. The van der Waals surface area contributed by atoms with Gasteiger partial charge in [0.1, 0.15) is 34.7 Å². The average Bonchev–Trinajstić information content (AvgIpc) is 3.20. The lowest BCUT2D eigenvalue weighted by molar-refractivity contribution is 0.400. The van der Waals surface area contributed by atoms with Gasteiger partial charge in [-0.3, -0.25) is 5.41 Å². The number of aromatic nitrogens is 2. The lowest BCUT2D eigenvalue weighted by Crippen LogP contribution is -2.26. The van der Waals surface area contributed by atoms with Gasteiger partial charge >= 0.3 is 0 Å². The van der Waals surface area contributed by atoms with E-state index in [1.165, 1.54) is 32.4 Å². The maximum atomic E-state index is 13.5. The zero-order valence-corrected chi connectivity index (χ0v) is 15.8. The molecule has 144 valence electrons. The lowest BCUT2D eigenvalue weighted by Gasteiger charge is -2.22. The van der Waals surface area contributed by atoms with Crippen LogP contribution in [0.15, 0.2) is 36.1 Å². The minimum atomic E-state index is -0.401. The fourth-order valence-electron chi connectivity index (χ4n) is 3.19. The number of nitrogens with one attached hydrogen (secondary N) is 2. The zero-order chi connectivity index (χ0) is 20.0. The third-order valence-corrected chi connectivity index (χ3v) is 4.82. The molecule has 0 spiro atoms. The summed E-state index contributed by atoms with van der Waals surface area (Å²) in [5, 5.41) is 19.5. The fourth-order valence-corrected chi connectivity index (χ4v) is 3.42. The second-order valence-corrected chi connectivity index (χ2v) is 6.57. The number of hydrogen-bond acceptors (Lipinski definition) is 5. The number of imidazole rings is 1. The molecule has 1 aromatic heterocycles. The van der Waals surface area contributed by atoms with Gasteiger partial charge in [0.2, 0.25) is 0 Å². The van der Waals surface area contributed by atoms with Crippen LogP contribution in [-0.2, 0) is 0 Å². The quantitative estimate of drug-likeness (QED) is 0.609. The second-order valence-electron chi connectivity index (χ2n) is 6.16. The van der Waals surface area contributed by atoms with Gasteiger partial charge in [-0.05, 0) is 18.2 Å². The number of rotatable bonds is 4. The Kier molecular flexibility index (Phi) is 4.35. The van der Waals surface area contributed by atoms with Crippen molar-refractivity contribution in [2.75, 3.05) is 25.7 Å². The van der Waals surface area contributed by atoms with E-state index < -0.39 is 5.82 Å². The number of amidine groups is 1. The summed E-state index contributed by atoms with van der Waals surface area (Å²) in [6.07, 6.45) is 0. The number of H-pyrrole nitrogens is 1. The highest BCUT2D eigenvalue weighted by Crippen LogP contribution is 2.41. The normalized spacial score (nSPS) is 14.3. The van der Waals surface area contributed by atoms with Crippen LogP contribution in [0.1, 0.15) is 5.82 Å². The van der Waals surface area contributed by atoms with Crippen LogP contribution < -0.4 is 14.4 Å². The van der Waals surface area contributed by atoms with Gasteiger partial charge in [-0.25, -0.2) is 9.37 Å². The standard InChI is InChI=1S/C19H16ClFN4O3/c1-27-15-7-13(16(28-2)6-10(15)20)25-8-14(26)17(18(25)22)19-23-11-4-3-9(21)5-12(11)24-19/h3-7,22,26H,8H2,1-2H3,(H,23,24). The summed E-state index contributed by atoms with van der Waals surface area (Å²) >= 11 is 6.15. The largest absolute Gasteiger partial charge is 0.509 e. The van der Waals surface area contributed by atoms with Crippen molar-refractivity contribution in [3.8, 4) is 11.5 Å². The molecule has 0 saturated carbocycles. The Hall–Kier alpha value is -3.26. The summed E-state index contributed by atoms with van der Waals surface area (Å²) in [6.45, 7) is 0.0424. The Balaban J connectivity index is 1.76. The number of aromatic amines is 1. The number of hydrogen-bond donors (Lipinski definition) is 3. The third-order valence-electron chi connectivity index (χ3n) is 4.53. The van der Waals surface area contributed by atoms with Crippen molar-refractivity contribution in [2.24, 2.45) is 0 Å². The zero-order valence-electron chi connectivity index (χ0n) is 15.0. The van der Waals surface area contributed by atoms with Gasteiger partial charge in [0.15, 0.2) is 0 Å². The van der Waals surface area contributed by atoms with E-state index in [0.29, 0.717) is 33.2 Å². The van der Waals surface area contributed by atoms with E-state index in [0.717, 1.165) is 0 Å². The SMILES string of the molecule is COc1cc(N2CC(O)=C(c3nc4ccc(F)cc4[nH]3)C2=N)c(OC)cc1Cl. The molecule has 1 aliphatic heterocycles. The molecule has 3 aromatic rings. The van der Waals surface area contributed by atoms with E-state index in [2.05, 4.69) is 9.97 Å². The molecule has 0 aliphatic carbocycles. The van der Waals surface area contributed by atoms with E-state index in [-0.39, 0.29) is 29.5 Å². The highest BCUT2D eigenvalue weighted by Gasteiger charge is 2.33. The molecule has 4 rings (SSSR count). The monoisotopic (exact) mass is 402 g/mol. The van der Waals surface area contributed by atoms with Crippen LogP contribution in [0, 0.1) is 11.2 Å². The molecule has 0 amide bonds. The van der Waals surface area contributed by atoms with Crippen molar-refractivity contribution in [1.29, 1.82) is 5.41 Å². The van der Waals surface area contributed by atoms with Crippen molar-refractivity contribution in [2.45, 2.75) is 0 Å². The molecule has 3 N–H and O–H groups in total. The Bertz CT molecular complexity index is 1140. The summed E-state index contributed by atoms with van der Waals surface area (Å²) in [7, 11) is 2.98. The van der Waals surface area contributed by atoms with E-state index in [9.17, 15) is 9.50 Å². The van der Waals surface area contributed by atoms with Crippen LogP contribution in [-0.4, -0.2) is 41.7 Å². The first kappa shape index (κ1) is 18.1. The summed E-state index contributed by atoms with van der Waals surface area (Å²) in [4.78, 5) is 8.88. The molecule has 0 unspecified atom stereocenters. The van der Waals surface area contributed by atoms with Gasteiger partial charge in [0.05, 0.1) is 48.1 Å². The van der Waals surface area contributed by atoms with Gasteiger partial charge in [0.25, 0.3) is 0 Å². The highest BCUT2D eigenvalue weighted by atomic mass is 35.5. The van der Waals surface area contributed by atoms with Gasteiger partial charge < -0.3 is 24.5 Å². The van der Waals surface area contributed by atoms with E-state index >= 15 is 0 Å². The fraction of sp³-hybridized carbons (Fsp3) is 0.158. The number of fused-ring (bicyclic) bond motifs is 1. The molecule has 0 bridgehead atoms. The van der Waals surface area contributed by atoms with E-state index in [1.54, 1.807) is 17.0 Å². The summed E-state index contributed by atoms with van der Waals surface area (Å²) in [6, 6.07) is 7.37. The molecule has 2 aromatic carbocycles. The average molecular weight is 403 g/mol. The number of ether oxygens (including phenoxy) is 2. The van der Waals surface area contributed by atoms with Crippen LogP contribution in [0.25, 0.3) is 16.6 Å². The molecular formula is C19H16ClFN4O3.